The summed E-state index contributed by atoms with van der Waals surface area (Å²) in [5.74, 6) is -0.928. The van der Waals surface area contributed by atoms with Crippen molar-refractivity contribution >= 4 is 46.3 Å². The normalized spacial score (nSPS) is 17.5. The average Bonchev–Trinajstić information content (AvgIpc) is 2.91. The number of rotatable bonds is 5. The van der Waals surface area contributed by atoms with E-state index >= 15 is 0 Å². The minimum atomic E-state index is -4.54. The summed E-state index contributed by atoms with van der Waals surface area (Å²) >= 11 is 12.5. The Kier molecular flexibility index (Phi) is 6.51. The fourth-order valence-corrected chi connectivity index (χ4v) is 4.60. The Hall–Kier alpha value is -1.70. The highest BCUT2D eigenvalue weighted by molar-refractivity contribution is 8.05. The fourth-order valence-electron chi connectivity index (χ4n) is 3.13. The van der Waals surface area contributed by atoms with Gasteiger partial charge in [-0.05, 0) is 35.2 Å². The number of halogens is 6. The van der Waals surface area contributed by atoms with Crippen molar-refractivity contribution in [1.82, 2.24) is 0 Å². The highest BCUT2D eigenvalue weighted by Crippen LogP contribution is 2.40. The van der Waals surface area contributed by atoms with Crippen molar-refractivity contribution in [3.8, 4) is 0 Å². The van der Waals surface area contributed by atoms with Crippen molar-refractivity contribution in [1.29, 1.82) is 0 Å². The molecule has 9 heteroatoms. The molecule has 0 amide bonds. The highest BCUT2D eigenvalue weighted by Gasteiger charge is 2.36. The first-order chi connectivity index (χ1) is 13.6. The molecule has 0 fully saturated rings. The first-order valence-electron chi connectivity index (χ1n) is 8.50. The van der Waals surface area contributed by atoms with Crippen LogP contribution in [0, 0.1) is 5.82 Å². The lowest BCUT2D eigenvalue weighted by atomic mass is 9.95. The van der Waals surface area contributed by atoms with Crippen molar-refractivity contribution in [3.05, 3.63) is 75.6 Å². The third-order valence-corrected chi connectivity index (χ3v) is 5.90. The molecular weight excluding hydrogens is 449 g/mol. The monoisotopic (exact) mass is 463 g/mol. The van der Waals surface area contributed by atoms with E-state index in [1.54, 1.807) is 18.2 Å². The van der Waals surface area contributed by atoms with E-state index in [2.05, 4.69) is 0 Å². The molecule has 0 spiro atoms. The van der Waals surface area contributed by atoms with E-state index in [0.717, 1.165) is 23.9 Å². The van der Waals surface area contributed by atoms with E-state index in [1.807, 2.05) is 0 Å². The van der Waals surface area contributed by atoms with Crippen molar-refractivity contribution in [3.63, 3.8) is 0 Å². The second-order valence-corrected chi connectivity index (χ2v) is 9.00. The summed E-state index contributed by atoms with van der Waals surface area (Å²) in [6, 6.07) is 9.18. The van der Waals surface area contributed by atoms with Gasteiger partial charge < -0.3 is 5.73 Å². The summed E-state index contributed by atoms with van der Waals surface area (Å²) in [7, 11) is 0. The van der Waals surface area contributed by atoms with Crippen LogP contribution < -0.4 is 5.73 Å². The molecule has 1 aliphatic heterocycles. The van der Waals surface area contributed by atoms with Crippen molar-refractivity contribution in [2.24, 2.45) is 5.73 Å². The topological polar surface area (TPSA) is 43.1 Å². The van der Waals surface area contributed by atoms with E-state index < -0.39 is 33.4 Å². The number of Topliss-reactive ketones (excluding diaryl/α,β-unsaturated/α-hetero) is 1. The summed E-state index contributed by atoms with van der Waals surface area (Å²) in [5.41, 5.74) is 5.83. The van der Waals surface area contributed by atoms with Gasteiger partial charge in [0.25, 0.3) is 0 Å². The standard InChI is InChI=1S/C20H15Cl2F4NOS/c21-15(22)9-12-5-1-4-11(17(12)23)8-14-18(28)16(19(27)29-14)10-3-2-6-13(7-10)20(24,25)26/h1-7,14-15H,8-9,27H2. The molecule has 1 heterocycles. The number of carbonyl (C=O) groups is 1. The van der Waals surface area contributed by atoms with Gasteiger partial charge >= 0.3 is 6.18 Å². The largest absolute Gasteiger partial charge is 0.416 e. The van der Waals surface area contributed by atoms with Crippen LogP contribution in [0.15, 0.2) is 47.5 Å². The molecule has 0 bridgehead atoms. The molecule has 2 aromatic carbocycles. The number of nitrogens with two attached hydrogens (primary N) is 1. The molecule has 1 atom stereocenters. The summed E-state index contributed by atoms with van der Waals surface area (Å²) in [5, 5.41) is -0.607. The van der Waals surface area contributed by atoms with Gasteiger partial charge in [-0.1, -0.05) is 42.1 Å². The van der Waals surface area contributed by atoms with Crippen molar-refractivity contribution in [2.45, 2.75) is 29.1 Å². The van der Waals surface area contributed by atoms with Gasteiger partial charge in [-0.2, -0.15) is 13.2 Å². The SMILES string of the molecule is NC1=C(c2cccc(C(F)(F)F)c2)C(=O)C(Cc2cccc(CC(Cl)Cl)c2F)S1. The Labute approximate surface area is 179 Å². The number of ketones is 1. The summed E-state index contributed by atoms with van der Waals surface area (Å²) in [4.78, 5) is 12.1. The molecule has 0 aliphatic carbocycles. The predicted molar refractivity (Wildman–Crippen MR) is 108 cm³/mol. The average molecular weight is 464 g/mol. The van der Waals surface area contributed by atoms with E-state index in [-0.39, 0.29) is 29.0 Å². The second-order valence-electron chi connectivity index (χ2n) is 6.48. The molecule has 2 nitrogen and oxygen atoms in total. The number of alkyl halides is 5. The molecule has 0 radical (unpaired) electrons. The highest BCUT2D eigenvalue weighted by atomic mass is 35.5. The third kappa shape index (κ3) is 4.90. The molecule has 154 valence electrons. The van der Waals surface area contributed by atoms with Crippen molar-refractivity contribution in [2.75, 3.05) is 0 Å². The molecule has 1 unspecified atom stereocenters. The summed E-state index contributed by atoms with van der Waals surface area (Å²) in [6.07, 6.45) is -4.38. The van der Waals surface area contributed by atoms with Gasteiger partial charge in [0.1, 0.15) is 10.7 Å². The summed E-state index contributed by atoms with van der Waals surface area (Å²) in [6.45, 7) is 0. The van der Waals surface area contributed by atoms with Gasteiger partial charge in [0, 0.05) is 6.42 Å². The maximum atomic E-state index is 14.7. The zero-order valence-corrected chi connectivity index (χ0v) is 17.1. The molecular formula is C20H15Cl2F4NOS. The molecule has 29 heavy (non-hydrogen) atoms. The maximum absolute atomic E-state index is 14.7. The Bertz CT molecular complexity index is 975. The fraction of sp³-hybridized carbons (Fsp3) is 0.250. The number of hydrogen-bond acceptors (Lipinski definition) is 3. The molecule has 0 aromatic heterocycles. The lowest BCUT2D eigenvalue weighted by Gasteiger charge is -2.13. The van der Waals surface area contributed by atoms with E-state index in [4.69, 9.17) is 28.9 Å². The van der Waals surface area contributed by atoms with Crippen LogP contribution in [0.5, 0.6) is 0 Å². The first kappa shape index (κ1) is 22.0. The van der Waals surface area contributed by atoms with E-state index in [1.165, 1.54) is 12.1 Å². The zero-order valence-electron chi connectivity index (χ0n) is 14.8. The Morgan fingerprint density at radius 3 is 2.41 bits per heavy atom. The van der Waals surface area contributed by atoms with Crippen LogP contribution in [-0.2, 0) is 23.8 Å². The number of allylic oxidation sites excluding steroid dienone is 1. The van der Waals surface area contributed by atoms with Gasteiger partial charge in [-0.3, -0.25) is 4.79 Å². The number of hydrogen-bond donors (Lipinski definition) is 1. The van der Waals surface area contributed by atoms with Gasteiger partial charge in [-0.15, -0.1) is 23.2 Å². The minimum Gasteiger partial charge on any atom is -0.393 e. The Balaban J connectivity index is 1.84. The summed E-state index contributed by atoms with van der Waals surface area (Å²) < 4.78 is 53.7. The van der Waals surface area contributed by atoms with Crippen LogP contribution in [0.4, 0.5) is 17.6 Å². The minimum absolute atomic E-state index is 0.0317. The molecule has 2 aromatic rings. The number of benzene rings is 2. The van der Waals surface area contributed by atoms with Gasteiger partial charge in [0.2, 0.25) is 0 Å². The number of carbonyl (C=O) groups excluding carboxylic acids is 1. The molecule has 1 aliphatic rings. The third-order valence-electron chi connectivity index (χ3n) is 4.47. The lowest BCUT2D eigenvalue weighted by molar-refractivity contribution is -0.137. The first-order valence-corrected chi connectivity index (χ1v) is 10.3. The van der Waals surface area contributed by atoms with Crippen molar-refractivity contribution < 1.29 is 22.4 Å². The zero-order chi connectivity index (χ0) is 21.3. The number of thioether (sulfide) groups is 1. The molecule has 0 saturated heterocycles. The van der Waals surface area contributed by atoms with Gasteiger partial charge in [-0.25, -0.2) is 4.39 Å². The van der Waals surface area contributed by atoms with Crippen LogP contribution in [0.3, 0.4) is 0 Å². The van der Waals surface area contributed by atoms with Crippen LogP contribution in [0.2, 0.25) is 0 Å². The second kappa shape index (κ2) is 8.58. The van der Waals surface area contributed by atoms with Crippen LogP contribution in [-0.4, -0.2) is 15.9 Å². The maximum Gasteiger partial charge on any atom is 0.416 e. The predicted octanol–water partition coefficient (Wildman–Crippen LogP) is 5.75. The van der Waals surface area contributed by atoms with Crippen LogP contribution >= 0.6 is 35.0 Å². The van der Waals surface area contributed by atoms with Gasteiger partial charge in [0.15, 0.2) is 5.78 Å². The van der Waals surface area contributed by atoms with Crippen LogP contribution in [0.25, 0.3) is 5.57 Å². The Morgan fingerprint density at radius 2 is 1.76 bits per heavy atom. The Morgan fingerprint density at radius 1 is 1.10 bits per heavy atom. The van der Waals surface area contributed by atoms with Gasteiger partial charge in [0.05, 0.1) is 21.4 Å². The molecule has 3 rings (SSSR count). The molecule has 2 N–H and O–H groups in total. The quantitative estimate of drug-likeness (QED) is 0.453. The van der Waals surface area contributed by atoms with Crippen LogP contribution in [0.1, 0.15) is 22.3 Å². The van der Waals surface area contributed by atoms with E-state index in [9.17, 15) is 22.4 Å². The smallest absolute Gasteiger partial charge is 0.393 e. The van der Waals surface area contributed by atoms with E-state index in [0.29, 0.717) is 11.1 Å². The molecule has 0 saturated carbocycles. The lowest BCUT2D eigenvalue weighted by Crippen LogP contribution is -2.18.